The van der Waals surface area contributed by atoms with E-state index in [1.807, 2.05) is 25.7 Å². The van der Waals surface area contributed by atoms with Crippen molar-refractivity contribution >= 4 is 6.09 Å². The lowest BCUT2D eigenvalue weighted by Gasteiger charge is -2.46. The Kier molecular flexibility index (Phi) is 4.91. The third kappa shape index (κ3) is 4.09. The van der Waals surface area contributed by atoms with Gasteiger partial charge in [0.2, 0.25) is 0 Å². The standard InChI is InChI=1S/C15H29N3O2/c1-15(2,3)20-14(19)18-10-13(11-18)12-5-4-7-17(9-12)8-6-16/h12-13H,4-11,16H2,1-3H3/t12-/m0/s1. The molecule has 2 aliphatic heterocycles. The highest BCUT2D eigenvalue weighted by Gasteiger charge is 2.39. The van der Waals surface area contributed by atoms with E-state index in [0.29, 0.717) is 11.8 Å². The second-order valence-corrected chi connectivity index (χ2v) is 7.14. The van der Waals surface area contributed by atoms with Gasteiger partial charge in [-0.1, -0.05) is 0 Å². The third-order valence-electron chi connectivity index (χ3n) is 4.22. The fourth-order valence-corrected chi connectivity index (χ4v) is 3.15. The van der Waals surface area contributed by atoms with Crippen LogP contribution in [0.25, 0.3) is 0 Å². The molecule has 0 aromatic rings. The molecule has 116 valence electrons. The zero-order chi connectivity index (χ0) is 14.8. The van der Waals surface area contributed by atoms with E-state index in [9.17, 15) is 4.79 Å². The van der Waals surface area contributed by atoms with Crippen LogP contribution in [0.1, 0.15) is 33.6 Å². The van der Waals surface area contributed by atoms with Crippen molar-refractivity contribution in [3.63, 3.8) is 0 Å². The molecule has 2 N–H and O–H groups in total. The lowest BCUT2D eigenvalue weighted by atomic mass is 9.81. The molecule has 0 unspecified atom stereocenters. The van der Waals surface area contributed by atoms with Crippen molar-refractivity contribution in [1.82, 2.24) is 9.80 Å². The summed E-state index contributed by atoms with van der Waals surface area (Å²) in [7, 11) is 0. The number of piperidine rings is 1. The summed E-state index contributed by atoms with van der Waals surface area (Å²) in [4.78, 5) is 16.2. The predicted molar refractivity (Wildman–Crippen MR) is 79.5 cm³/mol. The van der Waals surface area contributed by atoms with Gasteiger partial charge in [0.25, 0.3) is 0 Å². The lowest BCUT2D eigenvalue weighted by Crippen LogP contribution is -2.56. The van der Waals surface area contributed by atoms with Crippen LogP contribution in [0.3, 0.4) is 0 Å². The van der Waals surface area contributed by atoms with Crippen LogP contribution in [-0.4, -0.2) is 60.8 Å². The van der Waals surface area contributed by atoms with Crippen LogP contribution in [-0.2, 0) is 4.74 Å². The van der Waals surface area contributed by atoms with Gasteiger partial charge >= 0.3 is 6.09 Å². The molecule has 1 atom stereocenters. The monoisotopic (exact) mass is 283 g/mol. The summed E-state index contributed by atoms with van der Waals surface area (Å²) >= 11 is 0. The quantitative estimate of drug-likeness (QED) is 0.853. The highest BCUT2D eigenvalue weighted by atomic mass is 16.6. The van der Waals surface area contributed by atoms with Crippen molar-refractivity contribution in [3.05, 3.63) is 0 Å². The Balaban J connectivity index is 1.74. The Bertz CT molecular complexity index is 333. The summed E-state index contributed by atoms with van der Waals surface area (Å²) in [6.07, 6.45) is 2.38. The van der Waals surface area contributed by atoms with Crippen molar-refractivity contribution in [2.45, 2.75) is 39.2 Å². The number of carbonyl (C=O) groups excluding carboxylic acids is 1. The van der Waals surface area contributed by atoms with Crippen molar-refractivity contribution in [2.24, 2.45) is 17.6 Å². The van der Waals surface area contributed by atoms with Crippen LogP contribution in [0.4, 0.5) is 4.79 Å². The molecule has 5 nitrogen and oxygen atoms in total. The maximum atomic E-state index is 11.9. The van der Waals surface area contributed by atoms with E-state index in [-0.39, 0.29) is 6.09 Å². The second-order valence-electron chi connectivity index (χ2n) is 7.14. The molecule has 0 bridgehead atoms. The SMILES string of the molecule is CC(C)(C)OC(=O)N1CC([C@H]2CCCN(CCN)C2)C1. The molecule has 0 radical (unpaired) electrons. The molecular formula is C15H29N3O2. The molecule has 0 aromatic heterocycles. The van der Waals surface area contributed by atoms with Gasteiger partial charge in [-0.25, -0.2) is 4.79 Å². The van der Waals surface area contributed by atoms with Gasteiger partial charge in [-0.2, -0.15) is 0 Å². The normalized spacial score (nSPS) is 25.4. The summed E-state index contributed by atoms with van der Waals surface area (Å²) in [5.41, 5.74) is 5.24. The minimum Gasteiger partial charge on any atom is -0.444 e. The number of hydrogen-bond donors (Lipinski definition) is 1. The van der Waals surface area contributed by atoms with Crippen molar-refractivity contribution in [3.8, 4) is 0 Å². The molecule has 20 heavy (non-hydrogen) atoms. The molecule has 5 heteroatoms. The van der Waals surface area contributed by atoms with E-state index in [0.717, 1.165) is 32.7 Å². The zero-order valence-electron chi connectivity index (χ0n) is 13.1. The Morgan fingerprint density at radius 3 is 2.55 bits per heavy atom. The smallest absolute Gasteiger partial charge is 0.410 e. The number of likely N-dealkylation sites (tertiary alicyclic amines) is 2. The van der Waals surface area contributed by atoms with Crippen LogP contribution in [0, 0.1) is 11.8 Å². The summed E-state index contributed by atoms with van der Waals surface area (Å²) in [5.74, 6) is 1.36. The van der Waals surface area contributed by atoms with Crippen LogP contribution in [0.15, 0.2) is 0 Å². The number of carbonyl (C=O) groups is 1. The molecule has 0 aromatic carbocycles. The maximum Gasteiger partial charge on any atom is 0.410 e. The molecule has 0 spiro atoms. The van der Waals surface area contributed by atoms with Crippen LogP contribution in [0.5, 0.6) is 0 Å². The predicted octanol–water partition coefficient (Wildman–Crippen LogP) is 1.52. The first kappa shape index (κ1) is 15.6. The topological polar surface area (TPSA) is 58.8 Å². The van der Waals surface area contributed by atoms with E-state index in [2.05, 4.69) is 4.90 Å². The van der Waals surface area contributed by atoms with Crippen molar-refractivity contribution in [2.75, 3.05) is 39.3 Å². The van der Waals surface area contributed by atoms with Gasteiger partial charge in [-0.3, -0.25) is 0 Å². The minimum atomic E-state index is -0.398. The first-order valence-electron chi connectivity index (χ1n) is 7.79. The van der Waals surface area contributed by atoms with Gasteiger partial charge in [0.05, 0.1) is 0 Å². The lowest BCUT2D eigenvalue weighted by molar-refractivity contribution is -0.0193. The van der Waals surface area contributed by atoms with Gasteiger partial charge in [-0.05, 0) is 52.0 Å². The number of rotatable bonds is 3. The van der Waals surface area contributed by atoms with Gasteiger partial charge in [0.1, 0.15) is 5.60 Å². The molecule has 2 fully saturated rings. The number of nitrogens with two attached hydrogens (primary N) is 1. The molecule has 2 heterocycles. The average Bonchev–Trinajstić information content (AvgIpc) is 2.25. The molecule has 0 saturated carbocycles. The van der Waals surface area contributed by atoms with Gasteiger partial charge in [-0.15, -0.1) is 0 Å². The van der Waals surface area contributed by atoms with Crippen LogP contribution < -0.4 is 5.73 Å². The number of hydrogen-bond acceptors (Lipinski definition) is 4. The van der Waals surface area contributed by atoms with E-state index in [1.165, 1.54) is 19.4 Å². The van der Waals surface area contributed by atoms with Gasteiger partial charge in [0, 0.05) is 32.7 Å². The van der Waals surface area contributed by atoms with E-state index >= 15 is 0 Å². The minimum absolute atomic E-state index is 0.164. The molecule has 2 aliphatic rings. The van der Waals surface area contributed by atoms with E-state index in [1.54, 1.807) is 0 Å². The fraction of sp³-hybridized carbons (Fsp3) is 0.933. The number of ether oxygens (including phenoxy) is 1. The van der Waals surface area contributed by atoms with E-state index in [4.69, 9.17) is 10.5 Å². The molecule has 0 aliphatic carbocycles. The second kappa shape index (κ2) is 6.31. The third-order valence-corrected chi connectivity index (χ3v) is 4.22. The maximum absolute atomic E-state index is 11.9. The number of amides is 1. The van der Waals surface area contributed by atoms with Gasteiger partial charge < -0.3 is 20.3 Å². The molecule has 2 rings (SSSR count). The van der Waals surface area contributed by atoms with Crippen molar-refractivity contribution < 1.29 is 9.53 Å². The van der Waals surface area contributed by atoms with E-state index < -0.39 is 5.60 Å². The van der Waals surface area contributed by atoms with Gasteiger partial charge in [0.15, 0.2) is 0 Å². The Hall–Kier alpha value is -0.810. The first-order chi connectivity index (χ1) is 9.39. The molecular weight excluding hydrogens is 254 g/mol. The largest absolute Gasteiger partial charge is 0.444 e. The molecule has 1 amide bonds. The summed E-state index contributed by atoms with van der Waals surface area (Å²) in [6.45, 7) is 11.5. The number of nitrogens with zero attached hydrogens (tertiary/aromatic N) is 2. The van der Waals surface area contributed by atoms with Crippen LogP contribution >= 0.6 is 0 Å². The summed E-state index contributed by atoms with van der Waals surface area (Å²) < 4.78 is 5.40. The highest BCUT2D eigenvalue weighted by Crippen LogP contribution is 2.31. The average molecular weight is 283 g/mol. The summed E-state index contributed by atoms with van der Waals surface area (Å²) in [6, 6.07) is 0. The van der Waals surface area contributed by atoms with Crippen LogP contribution in [0.2, 0.25) is 0 Å². The highest BCUT2D eigenvalue weighted by molar-refractivity contribution is 5.69. The van der Waals surface area contributed by atoms with Crippen molar-refractivity contribution in [1.29, 1.82) is 0 Å². The fourth-order valence-electron chi connectivity index (χ4n) is 3.15. The molecule has 2 saturated heterocycles. The Labute approximate surface area is 122 Å². The first-order valence-corrected chi connectivity index (χ1v) is 7.79. The Morgan fingerprint density at radius 2 is 1.95 bits per heavy atom. The zero-order valence-corrected chi connectivity index (χ0v) is 13.1. The Morgan fingerprint density at radius 1 is 1.25 bits per heavy atom. The summed E-state index contributed by atoms with van der Waals surface area (Å²) in [5, 5.41) is 0.